The van der Waals surface area contributed by atoms with E-state index in [4.69, 9.17) is 0 Å². The number of alkyl halides is 3. The van der Waals surface area contributed by atoms with Gasteiger partial charge in [0.05, 0.1) is 11.9 Å². The molecule has 4 aromatic rings. The molecule has 5 nitrogen and oxygen atoms in total. The quantitative estimate of drug-likeness (QED) is 0.474. The van der Waals surface area contributed by atoms with Crippen molar-refractivity contribution in [3.8, 4) is 11.3 Å². The Kier molecular flexibility index (Phi) is 4.73. The summed E-state index contributed by atoms with van der Waals surface area (Å²) in [7, 11) is 0. The smallest absolute Gasteiger partial charge is 0.322 e. The molecular formula is C21H14F4N4O. The van der Waals surface area contributed by atoms with Gasteiger partial charge in [-0.3, -0.25) is 4.79 Å². The lowest BCUT2D eigenvalue weighted by atomic mass is 10.1. The highest BCUT2D eigenvalue weighted by Gasteiger charge is 2.36. The van der Waals surface area contributed by atoms with Crippen LogP contribution in [0, 0.1) is 12.7 Å². The van der Waals surface area contributed by atoms with Gasteiger partial charge >= 0.3 is 6.18 Å². The van der Waals surface area contributed by atoms with E-state index in [0.29, 0.717) is 10.2 Å². The number of benzene rings is 2. The number of aromatic nitrogens is 3. The van der Waals surface area contributed by atoms with Gasteiger partial charge in [-0.2, -0.15) is 18.3 Å². The maximum absolute atomic E-state index is 13.6. The number of rotatable bonds is 3. The van der Waals surface area contributed by atoms with Crippen molar-refractivity contribution in [1.29, 1.82) is 0 Å². The van der Waals surface area contributed by atoms with Gasteiger partial charge in [0.1, 0.15) is 11.4 Å². The van der Waals surface area contributed by atoms with Crippen molar-refractivity contribution >= 4 is 17.2 Å². The van der Waals surface area contributed by atoms with Crippen LogP contribution in [0.2, 0.25) is 0 Å². The SMILES string of the molecule is Cc1ccc(NC(=O)c2cnn3c(C(F)(F)F)cc(-c4ccc(F)cc4)nc23)cc1. The van der Waals surface area contributed by atoms with Gasteiger partial charge in [-0.05, 0) is 49.4 Å². The fraction of sp³-hybridized carbons (Fsp3) is 0.0952. The molecular weight excluding hydrogens is 400 g/mol. The molecule has 0 aliphatic carbocycles. The Morgan fingerprint density at radius 1 is 1.03 bits per heavy atom. The number of halogens is 4. The van der Waals surface area contributed by atoms with Gasteiger partial charge in [-0.1, -0.05) is 17.7 Å². The molecule has 0 bridgehead atoms. The maximum Gasteiger partial charge on any atom is 0.433 e. The van der Waals surface area contributed by atoms with E-state index in [9.17, 15) is 22.4 Å². The summed E-state index contributed by atoms with van der Waals surface area (Å²) in [6.45, 7) is 1.89. The zero-order chi connectivity index (χ0) is 21.5. The van der Waals surface area contributed by atoms with E-state index in [1.165, 1.54) is 12.1 Å². The number of hydrogen-bond donors (Lipinski definition) is 1. The van der Waals surface area contributed by atoms with Crippen LogP contribution in [0.15, 0.2) is 60.8 Å². The minimum Gasteiger partial charge on any atom is -0.322 e. The summed E-state index contributed by atoms with van der Waals surface area (Å²) >= 11 is 0. The van der Waals surface area contributed by atoms with Crippen molar-refractivity contribution in [2.75, 3.05) is 5.32 Å². The molecule has 4 rings (SSSR count). The Hall–Kier alpha value is -3.75. The zero-order valence-corrected chi connectivity index (χ0v) is 15.5. The van der Waals surface area contributed by atoms with E-state index in [1.807, 2.05) is 6.92 Å². The second kappa shape index (κ2) is 7.25. The molecule has 152 valence electrons. The summed E-state index contributed by atoms with van der Waals surface area (Å²) in [5, 5.41) is 6.35. The number of nitrogens with zero attached hydrogens (tertiary/aromatic N) is 3. The molecule has 0 saturated heterocycles. The van der Waals surface area contributed by atoms with Crippen molar-refractivity contribution in [3.05, 3.63) is 83.4 Å². The summed E-state index contributed by atoms with van der Waals surface area (Å²) < 4.78 is 54.7. The largest absolute Gasteiger partial charge is 0.433 e. The van der Waals surface area contributed by atoms with Crippen LogP contribution in [0.1, 0.15) is 21.6 Å². The minimum atomic E-state index is -4.74. The first-order chi connectivity index (χ1) is 14.2. The summed E-state index contributed by atoms with van der Waals surface area (Å²) in [6.07, 6.45) is -3.71. The molecule has 0 aliphatic rings. The molecule has 2 heterocycles. The van der Waals surface area contributed by atoms with Gasteiger partial charge in [0.2, 0.25) is 0 Å². The van der Waals surface area contributed by atoms with E-state index in [2.05, 4.69) is 15.4 Å². The molecule has 0 unspecified atom stereocenters. The first-order valence-electron chi connectivity index (χ1n) is 8.82. The standard InChI is InChI=1S/C21H14F4N4O/c1-12-2-8-15(9-3-12)27-20(30)16-11-26-29-18(21(23,24)25)10-17(28-19(16)29)13-4-6-14(22)7-5-13/h2-11H,1H3,(H,27,30). The van der Waals surface area contributed by atoms with Crippen LogP contribution in [0.5, 0.6) is 0 Å². The predicted molar refractivity (Wildman–Crippen MR) is 103 cm³/mol. The number of carbonyl (C=O) groups excluding carboxylic acids is 1. The molecule has 0 atom stereocenters. The average molecular weight is 414 g/mol. The van der Waals surface area contributed by atoms with Crippen LogP contribution in [0.4, 0.5) is 23.2 Å². The predicted octanol–water partition coefficient (Wildman–Crippen LogP) is 5.11. The second-order valence-electron chi connectivity index (χ2n) is 6.65. The highest BCUT2D eigenvalue weighted by molar-refractivity contribution is 6.08. The molecule has 0 spiro atoms. The summed E-state index contributed by atoms with van der Waals surface area (Å²) in [4.78, 5) is 16.9. The fourth-order valence-electron chi connectivity index (χ4n) is 2.93. The highest BCUT2D eigenvalue weighted by Crippen LogP contribution is 2.33. The van der Waals surface area contributed by atoms with Crippen molar-refractivity contribution in [2.45, 2.75) is 13.1 Å². The maximum atomic E-state index is 13.6. The lowest BCUT2D eigenvalue weighted by Gasteiger charge is -2.12. The van der Waals surface area contributed by atoms with Crippen LogP contribution in [-0.2, 0) is 6.18 Å². The summed E-state index contributed by atoms with van der Waals surface area (Å²) in [6, 6.07) is 12.6. The first kappa shape index (κ1) is 19.6. The molecule has 0 saturated carbocycles. The Labute approximate surface area is 168 Å². The van der Waals surface area contributed by atoms with Crippen LogP contribution in [0.25, 0.3) is 16.9 Å². The summed E-state index contributed by atoms with van der Waals surface area (Å²) in [5.74, 6) is -1.18. The molecule has 30 heavy (non-hydrogen) atoms. The van der Waals surface area contributed by atoms with Gasteiger partial charge in [0.15, 0.2) is 11.3 Å². The normalized spacial score (nSPS) is 11.6. The molecule has 9 heteroatoms. The molecule has 1 N–H and O–H groups in total. The highest BCUT2D eigenvalue weighted by atomic mass is 19.4. The molecule has 0 aliphatic heterocycles. The Morgan fingerprint density at radius 3 is 2.33 bits per heavy atom. The van der Waals surface area contributed by atoms with E-state index >= 15 is 0 Å². The van der Waals surface area contributed by atoms with Crippen molar-refractivity contribution < 1.29 is 22.4 Å². The molecule has 2 aromatic carbocycles. The topological polar surface area (TPSA) is 59.3 Å². The molecule has 0 radical (unpaired) electrons. The monoisotopic (exact) mass is 414 g/mol. The van der Waals surface area contributed by atoms with Crippen LogP contribution < -0.4 is 5.32 Å². The number of amides is 1. The van der Waals surface area contributed by atoms with Gasteiger partial charge in [0, 0.05) is 11.3 Å². The zero-order valence-electron chi connectivity index (χ0n) is 15.5. The Balaban J connectivity index is 1.83. The number of carbonyl (C=O) groups is 1. The van der Waals surface area contributed by atoms with Gasteiger partial charge < -0.3 is 5.32 Å². The number of hydrogen-bond acceptors (Lipinski definition) is 3. The van der Waals surface area contributed by atoms with E-state index in [0.717, 1.165) is 30.0 Å². The lowest BCUT2D eigenvalue weighted by molar-refractivity contribution is -0.142. The second-order valence-corrected chi connectivity index (χ2v) is 6.65. The number of fused-ring (bicyclic) bond motifs is 1. The number of anilines is 1. The third-order valence-corrected chi connectivity index (χ3v) is 4.46. The van der Waals surface area contributed by atoms with Crippen molar-refractivity contribution in [1.82, 2.24) is 14.6 Å². The third kappa shape index (κ3) is 3.73. The average Bonchev–Trinajstić information content (AvgIpc) is 3.13. The van der Waals surface area contributed by atoms with Gasteiger partial charge in [-0.15, -0.1) is 0 Å². The van der Waals surface area contributed by atoms with Crippen molar-refractivity contribution in [3.63, 3.8) is 0 Å². The minimum absolute atomic E-state index is 0.0558. The molecule has 0 fully saturated rings. The van der Waals surface area contributed by atoms with Gasteiger partial charge in [-0.25, -0.2) is 13.9 Å². The van der Waals surface area contributed by atoms with Crippen molar-refractivity contribution in [2.24, 2.45) is 0 Å². The number of aryl methyl sites for hydroxylation is 1. The van der Waals surface area contributed by atoms with E-state index < -0.39 is 23.6 Å². The van der Waals surface area contributed by atoms with Crippen LogP contribution in [-0.4, -0.2) is 20.5 Å². The summed E-state index contributed by atoms with van der Waals surface area (Å²) in [5.41, 5.74) is 0.218. The Bertz CT molecular complexity index is 1230. The molecule has 1 amide bonds. The van der Waals surface area contributed by atoms with Gasteiger partial charge in [0.25, 0.3) is 5.91 Å². The van der Waals surface area contributed by atoms with Crippen LogP contribution >= 0.6 is 0 Å². The third-order valence-electron chi connectivity index (χ3n) is 4.46. The van der Waals surface area contributed by atoms with E-state index in [-0.39, 0.29) is 22.5 Å². The first-order valence-corrected chi connectivity index (χ1v) is 8.82. The fourth-order valence-corrected chi connectivity index (χ4v) is 2.93. The molecule has 2 aromatic heterocycles. The van der Waals surface area contributed by atoms with Crippen LogP contribution in [0.3, 0.4) is 0 Å². The van der Waals surface area contributed by atoms with E-state index in [1.54, 1.807) is 24.3 Å². The number of nitrogens with one attached hydrogen (secondary N) is 1. The lowest BCUT2D eigenvalue weighted by Crippen LogP contribution is -2.15. The Morgan fingerprint density at radius 2 is 1.70 bits per heavy atom.